The molecule has 0 spiro atoms. The molecular weight excluding hydrogens is 268 g/mol. The average molecular weight is 285 g/mol. The van der Waals surface area contributed by atoms with Gasteiger partial charge in [-0.25, -0.2) is 0 Å². The zero-order valence-corrected chi connectivity index (χ0v) is 11.3. The van der Waals surface area contributed by atoms with Gasteiger partial charge in [0.2, 0.25) is 5.91 Å². The molecule has 16 heavy (non-hydrogen) atoms. The molecule has 0 fully saturated rings. The van der Waals surface area contributed by atoms with Crippen molar-refractivity contribution in [3.8, 4) is 0 Å². The number of carbonyl (C=O) groups excluding carboxylic acids is 1. The van der Waals surface area contributed by atoms with E-state index >= 15 is 0 Å². The Morgan fingerprint density at radius 3 is 2.50 bits per heavy atom. The Kier molecular flexibility index (Phi) is 4.96. The van der Waals surface area contributed by atoms with Crippen LogP contribution in [0, 0.1) is 0 Å². The van der Waals surface area contributed by atoms with Crippen LogP contribution < -0.4 is 10.6 Å². The van der Waals surface area contributed by atoms with Crippen molar-refractivity contribution in [2.75, 3.05) is 7.05 Å². The SMILES string of the molecule is CNC(C)C(=O)N[C@H](C)c1ccccc1Br. The van der Waals surface area contributed by atoms with Crippen molar-refractivity contribution in [2.45, 2.75) is 25.9 Å². The Morgan fingerprint density at radius 1 is 1.31 bits per heavy atom. The molecule has 2 atom stereocenters. The topological polar surface area (TPSA) is 41.1 Å². The maximum absolute atomic E-state index is 11.7. The molecular formula is C12H17BrN2O. The van der Waals surface area contributed by atoms with E-state index in [2.05, 4.69) is 26.6 Å². The first-order valence-corrected chi connectivity index (χ1v) is 6.07. The fourth-order valence-electron chi connectivity index (χ4n) is 1.37. The first-order valence-electron chi connectivity index (χ1n) is 5.28. The lowest BCUT2D eigenvalue weighted by Gasteiger charge is -2.18. The number of rotatable bonds is 4. The van der Waals surface area contributed by atoms with E-state index < -0.39 is 0 Å². The molecule has 0 aliphatic heterocycles. The van der Waals surface area contributed by atoms with Crippen LogP contribution >= 0.6 is 15.9 Å². The maximum Gasteiger partial charge on any atom is 0.237 e. The molecule has 0 aliphatic carbocycles. The quantitative estimate of drug-likeness (QED) is 0.890. The lowest BCUT2D eigenvalue weighted by Crippen LogP contribution is -2.41. The zero-order chi connectivity index (χ0) is 12.1. The van der Waals surface area contributed by atoms with Gasteiger partial charge in [-0.3, -0.25) is 4.79 Å². The monoisotopic (exact) mass is 284 g/mol. The van der Waals surface area contributed by atoms with Crippen molar-refractivity contribution in [2.24, 2.45) is 0 Å². The molecule has 4 heteroatoms. The normalized spacial score (nSPS) is 14.2. The van der Waals surface area contributed by atoms with E-state index in [4.69, 9.17) is 0 Å². The Balaban J connectivity index is 2.69. The summed E-state index contributed by atoms with van der Waals surface area (Å²) in [6.45, 7) is 3.81. The third-order valence-corrected chi connectivity index (χ3v) is 3.28. The van der Waals surface area contributed by atoms with E-state index in [0.29, 0.717) is 0 Å². The second kappa shape index (κ2) is 6.01. The number of halogens is 1. The molecule has 1 aromatic rings. The molecule has 88 valence electrons. The largest absolute Gasteiger partial charge is 0.348 e. The third-order valence-electron chi connectivity index (χ3n) is 2.56. The van der Waals surface area contributed by atoms with Gasteiger partial charge in [-0.2, -0.15) is 0 Å². The summed E-state index contributed by atoms with van der Waals surface area (Å²) < 4.78 is 1.01. The van der Waals surface area contributed by atoms with Gasteiger partial charge in [0.15, 0.2) is 0 Å². The Hall–Kier alpha value is -0.870. The lowest BCUT2D eigenvalue weighted by molar-refractivity contribution is -0.123. The summed E-state index contributed by atoms with van der Waals surface area (Å²) >= 11 is 3.47. The van der Waals surface area contributed by atoms with Crippen LogP contribution in [0.25, 0.3) is 0 Å². The van der Waals surface area contributed by atoms with Gasteiger partial charge in [-0.15, -0.1) is 0 Å². The highest BCUT2D eigenvalue weighted by Gasteiger charge is 2.15. The molecule has 0 aliphatic rings. The molecule has 0 saturated carbocycles. The Labute approximate surface area is 105 Å². The Morgan fingerprint density at radius 2 is 1.94 bits per heavy atom. The molecule has 1 amide bonds. The summed E-state index contributed by atoms with van der Waals surface area (Å²) in [5.74, 6) is 0.00533. The van der Waals surface area contributed by atoms with Gasteiger partial charge in [0, 0.05) is 4.47 Å². The third kappa shape index (κ3) is 3.32. The van der Waals surface area contributed by atoms with Crippen molar-refractivity contribution in [1.82, 2.24) is 10.6 Å². The van der Waals surface area contributed by atoms with Crippen LogP contribution in [0.5, 0.6) is 0 Å². The predicted molar refractivity (Wildman–Crippen MR) is 69.2 cm³/mol. The highest BCUT2D eigenvalue weighted by Crippen LogP contribution is 2.22. The van der Waals surface area contributed by atoms with Crippen molar-refractivity contribution in [3.63, 3.8) is 0 Å². The minimum absolute atomic E-state index is 0.00104. The first-order chi connectivity index (χ1) is 7.56. The summed E-state index contributed by atoms with van der Waals surface area (Å²) in [4.78, 5) is 11.7. The predicted octanol–water partition coefficient (Wildman–Crippen LogP) is 2.23. The Bertz CT molecular complexity index is 368. The van der Waals surface area contributed by atoms with Crippen LogP contribution in [-0.4, -0.2) is 19.0 Å². The van der Waals surface area contributed by atoms with Crippen LogP contribution in [0.15, 0.2) is 28.7 Å². The van der Waals surface area contributed by atoms with E-state index in [1.165, 1.54) is 0 Å². The number of carbonyl (C=O) groups is 1. The molecule has 0 saturated heterocycles. The second-order valence-electron chi connectivity index (χ2n) is 3.76. The summed E-state index contributed by atoms with van der Waals surface area (Å²) in [7, 11) is 1.77. The van der Waals surface area contributed by atoms with E-state index in [-0.39, 0.29) is 18.0 Å². The van der Waals surface area contributed by atoms with Crippen LogP contribution in [0.4, 0.5) is 0 Å². The molecule has 1 aromatic carbocycles. The van der Waals surface area contributed by atoms with Gasteiger partial charge in [0.1, 0.15) is 0 Å². The van der Waals surface area contributed by atoms with Crippen LogP contribution in [-0.2, 0) is 4.79 Å². The van der Waals surface area contributed by atoms with E-state index in [1.807, 2.05) is 38.1 Å². The van der Waals surface area contributed by atoms with Crippen LogP contribution in [0.1, 0.15) is 25.5 Å². The van der Waals surface area contributed by atoms with E-state index in [0.717, 1.165) is 10.0 Å². The zero-order valence-electron chi connectivity index (χ0n) is 9.75. The molecule has 0 bridgehead atoms. The minimum Gasteiger partial charge on any atom is -0.348 e. The number of likely N-dealkylation sites (N-methyl/N-ethyl adjacent to an activating group) is 1. The van der Waals surface area contributed by atoms with Gasteiger partial charge in [-0.05, 0) is 32.5 Å². The summed E-state index contributed by atoms with van der Waals surface area (Å²) in [5, 5.41) is 5.87. The highest BCUT2D eigenvalue weighted by atomic mass is 79.9. The van der Waals surface area contributed by atoms with E-state index in [1.54, 1.807) is 7.05 Å². The fourth-order valence-corrected chi connectivity index (χ4v) is 2.00. The van der Waals surface area contributed by atoms with Crippen molar-refractivity contribution < 1.29 is 4.79 Å². The number of hydrogen-bond acceptors (Lipinski definition) is 2. The fraction of sp³-hybridized carbons (Fsp3) is 0.417. The van der Waals surface area contributed by atoms with Crippen molar-refractivity contribution in [1.29, 1.82) is 0 Å². The molecule has 1 unspecified atom stereocenters. The summed E-state index contributed by atoms with van der Waals surface area (Å²) in [6.07, 6.45) is 0. The molecule has 0 aromatic heterocycles. The minimum atomic E-state index is -0.176. The van der Waals surface area contributed by atoms with Gasteiger partial charge >= 0.3 is 0 Å². The molecule has 0 heterocycles. The molecule has 2 N–H and O–H groups in total. The van der Waals surface area contributed by atoms with Gasteiger partial charge in [0.05, 0.1) is 12.1 Å². The number of amides is 1. The van der Waals surface area contributed by atoms with Gasteiger partial charge < -0.3 is 10.6 Å². The summed E-state index contributed by atoms with van der Waals surface area (Å²) in [6, 6.07) is 7.71. The molecule has 1 rings (SSSR count). The second-order valence-corrected chi connectivity index (χ2v) is 4.62. The van der Waals surface area contributed by atoms with Crippen LogP contribution in [0.2, 0.25) is 0 Å². The van der Waals surface area contributed by atoms with Gasteiger partial charge in [0.25, 0.3) is 0 Å². The standard InChI is InChI=1S/C12H17BrN2O/c1-8(15-12(16)9(2)14-3)10-6-4-5-7-11(10)13/h4-9,14H,1-3H3,(H,15,16)/t8-,9?/m1/s1. The number of nitrogens with one attached hydrogen (secondary N) is 2. The smallest absolute Gasteiger partial charge is 0.237 e. The van der Waals surface area contributed by atoms with Crippen molar-refractivity contribution >= 4 is 21.8 Å². The van der Waals surface area contributed by atoms with E-state index in [9.17, 15) is 4.79 Å². The highest BCUT2D eigenvalue weighted by molar-refractivity contribution is 9.10. The first kappa shape index (κ1) is 13.2. The summed E-state index contributed by atoms with van der Waals surface area (Å²) in [5.41, 5.74) is 1.08. The molecule has 3 nitrogen and oxygen atoms in total. The van der Waals surface area contributed by atoms with Crippen molar-refractivity contribution in [3.05, 3.63) is 34.3 Å². The maximum atomic E-state index is 11.7. The van der Waals surface area contributed by atoms with Crippen LogP contribution in [0.3, 0.4) is 0 Å². The molecule has 0 radical (unpaired) electrons. The average Bonchev–Trinajstić information content (AvgIpc) is 2.28. The number of benzene rings is 1. The number of hydrogen-bond donors (Lipinski definition) is 2. The lowest BCUT2D eigenvalue weighted by atomic mass is 10.1. The van der Waals surface area contributed by atoms with Gasteiger partial charge in [-0.1, -0.05) is 34.1 Å².